The van der Waals surface area contributed by atoms with Gasteiger partial charge in [-0.3, -0.25) is 0 Å². The van der Waals surface area contributed by atoms with Crippen molar-refractivity contribution in [1.82, 2.24) is 10.2 Å². The molecule has 1 rings (SSSR count). The summed E-state index contributed by atoms with van der Waals surface area (Å²) in [4.78, 5) is 2.07. The minimum absolute atomic E-state index is 0.724. The van der Waals surface area contributed by atoms with Crippen LogP contribution in [0.3, 0.4) is 0 Å². The van der Waals surface area contributed by atoms with E-state index in [0.717, 1.165) is 24.1 Å². The molecular formula is C6H12N2S. The summed E-state index contributed by atoms with van der Waals surface area (Å²) in [5.41, 5.74) is 0. The van der Waals surface area contributed by atoms with Crippen LogP contribution in [0.15, 0.2) is 0 Å². The van der Waals surface area contributed by atoms with Crippen molar-refractivity contribution < 1.29 is 0 Å². The van der Waals surface area contributed by atoms with Crippen LogP contribution in [0.1, 0.15) is 6.92 Å². The van der Waals surface area contributed by atoms with Crippen LogP contribution in [0, 0.1) is 5.92 Å². The van der Waals surface area contributed by atoms with E-state index >= 15 is 0 Å². The van der Waals surface area contributed by atoms with Gasteiger partial charge >= 0.3 is 0 Å². The van der Waals surface area contributed by atoms with Gasteiger partial charge in [-0.25, -0.2) is 0 Å². The van der Waals surface area contributed by atoms with E-state index in [0.29, 0.717) is 0 Å². The van der Waals surface area contributed by atoms with Crippen LogP contribution in [-0.2, 0) is 0 Å². The van der Waals surface area contributed by atoms with Gasteiger partial charge in [-0.2, -0.15) is 0 Å². The lowest BCUT2D eigenvalue weighted by molar-refractivity contribution is 0.358. The Labute approximate surface area is 61.2 Å². The molecule has 9 heavy (non-hydrogen) atoms. The molecule has 2 nitrogen and oxygen atoms in total. The topological polar surface area (TPSA) is 15.3 Å². The summed E-state index contributed by atoms with van der Waals surface area (Å²) >= 11 is 5.00. The first kappa shape index (κ1) is 6.81. The fourth-order valence-electron chi connectivity index (χ4n) is 1.01. The van der Waals surface area contributed by atoms with E-state index < -0.39 is 0 Å². The lowest BCUT2D eigenvalue weighted by Crippen LogP contribution is -2.47. The molecule has 0 aliphatic carbocycles. The molecule has 0 amide bonds. The Morgan fingerprint density at radius 1 is 1.78 bits per heavy atom. The van der Waals surface area contributed by atoms with Gasteiger partial charge in [-0.15, -0.1) is 0 Å². The zero-order chi connectivity index (χ0) is 6.85. The minimum atomic E-state index is 0.724. The third-order valence-electron chi connectivity index (χ3n) is 1.53. The van der Waals surface area contributed by atoms with Gasteiger partial charge in [0, 0.05) is 20.1 Å². The summed E-state index contributed by atoms with van der Waals surface area (Å²) in [6, 6.07) is 0. The molecule has 52 valence electrons. The Balaban J connectivity index is 2.44. The molecule has 0 saturated carbocycles. The van der Waals surface area contributed by atoms with Crippen LogP contribution < -0.4 is 5.32 Å². The van der Waals surface area contributed by atoms with Crippen molar-refractivity contribution in [2.75, 3.05) is 20.1 Å². The Kier molecular flexibility index (Phi) is 1.90. The second-order valence-electron chi connectivity index (χ2n) is 2.67. The van der Waals surface area contributed by atoms with Gasteiger partial charge in [0.1, 0.15) is 0 Å². The largest absolute Gasteiger partial charge is 0.362 e. The van der Waals surface area contributed by atoms with Crippen LogP contribution in [0.2, 0.25) is 0 Å². The average Bonchev–Trinajstić information content (AvgIpc) is 1.80. The molecule has 0 aromatic heterocycles. The predicted molar refractivity (Wildman–Crippen MR) is 42.4 cm³/mol. The molecule has 1 saturated heterocycles. The van der Waals surface area contributed by atoms with Gasteiger partial charge in [0.2, 0.25) is 0 Å². The zero-order valence-electron chi connectivity index (χ0n) is 5.85. The van der Waals surface area contributed by atoms with Crippen LogP contribution in [0.4, 0.5) is 0 Å². The van der Waals surface area contributed by atoms with Gasteiger partial charge in [-0.05, 0) is 18.1 Å². The van der Waals surface area contributed by atoms with Gasteiger partial charge in [0.15, 0.2) is 5.11 Å². The van der Waals surface area contributed by atoms with E-state index in [4.69, 9.17) is 12.2 Å². The first-order chi connectivity index (χ1) is 4.20. The number of hydrogen-bond donors (Lipinski definition) is 1. The fourth-order valence-corrected chi connectivity index (χ4v) is 1.17. The van der Waals surface area contributed by atoms with E-state index in [1.807, 2.05) is 7.05 Å². The standard InChI is InChI=1S/C6H12N2S/c1-5-3-7-6(9)8(2)4-5/h5H,3-4H2,1-2H3,(H,7,9). The third-order valence-corrected chi connectivity index (χ3v) is 1.99. The summed E-state index contributed by atoms with van der Waals surface area (Å²) in [5, 5.41) is 4.02. The monoisotopic (exact) mass is 144 g/mol. The number of nitrogens with zero attached hydrogens (tertiary/aromatic N) is 1. The van der Waals surface area contributed by atoms with Crippen LogP contribution in [0.25, 0.3) is 0 Å². The highest BCUT2D eigenvalue weighted by Crippen LogP contribution is 2.02. The second kappa shape index (κ2) is 2.52. The lowest BCUT2D eigenvalue weighted by atomic mass is 10.1. The van der Waals surface area contributed by atoms with E-state index in [1.54, 1.807) is 0 Å². The van der Waals surface area contributed by atoms with Crippen molar-refractivity contribution in [2.45, 2.75) is 6.92 Å². The van der Waals surface area contributed by atoms with Crippen molar-refractivity contribution in [3.63, 3.8) is 0 Å². The Morgan fingerprint density at radius 2 is 2.44 bits per heavy atom. The van der Waals surface area contributed by atoms with E-state index in [2.05, 4.69) is 17.1 Å². The maximum atomic E-state index is 5.00. The first-order valence-electron chi connectivity index (χ1n) is 3.19. The van der Waals surface area contributed by atoms with Crippen LogP contribution >= 0.6 is 12.2 Å². The molecule has 1 unspecified atom stereocenters. The summed E-state index contributed by atoms with van der Waals surface area (Å²) < 4.78 is 0. The van der Waals surface area contributed by atoms with Crippen molar-refractivity contribution in [3.8, 4) is 0 Å². The minimum Gasteiger partial charge on any atom is -0.362 e. The number of hydrogen-bond acceptors (Lipinski definition) is 1. The SMILES string of the molecule is CC1CNC(=S)N(C)C1. The molecule has 1 fully saturated rings. The highest BCUT2D eigenvalue weighted by molar-refractivity contribution is 7.80. The highest BCUT2D eigenvalue weighted by atomic mass is 32.1. The molecule has 1 N–H and O–H groups in total. The Bertz CT molecular complexity index is 124. The molecule has 0 aromatic rings. The molecule has 0 radical (unpaired) electrons. The summed E-state index contributed by atoms with van der Waals surface area (Å²) in [5.74, 6) is 0.724. The zero-order valence-corrected chi connectivity index (χ0v) is 6.66. The van der Waals surface area contributed by atoms with Crippen molar-refractivity contribution in [2.24, 2.45) is 5.92 Å². The van der Waals surface area contributed by atoms with Crippen molar-refractivity contribution in [3.05, 3.63) is 0 Å². The Morgan fingerprint density at radius 3 is 2.89 bits per heavy atom. The molecule has 0 spiro atoms. The quantitative estimate of drug-likeness (QED) is 0.497. The third kappa shape index (κ3) is 1.55. The summed E-state index contributed by atoms with van der Waals surface area (Å²) in [6.45, 7) is 4.33. The number of nitrogens with one attached hydrogen (secondary N) is 1. The highest BCUT2D eigenvalue weighted by Gasteiger charge is 2.14. The smallest absolute Gasteiger partial charge is 0.168 e. The van der Waals surface area contributed by atoms with Crippen LogP contribution in [-0.4, -0.2) is 30.1 Å². The fraction of sp³-hybridized carbons (Fsp3) is 0.833. The van der Waals surface area contributed by atoms with E-state index in [1.165, 1.54) is 0 Å². The lowest BCUT2D eigenvalue weighted by Gasteiger charge is -2.30. The molecule has 1 atom stereocenters. The van der Waals surface area contributed by atoms with Crippen molar-refractivity contribution >= 4 is 17.3 Å². The van der Waals surface area contributed by atoms with Gasteiger partial charge in [-0.1, -0.05) is 6.92 Å². The maximum Gasteiger partial charge on any atom is 0.168 e. The maximum absolute atomic E-state index is 5.00. The normalized spacial score (nSPS) is 28.0. The molecule has 0 aromatic carbocycles. The number of thiocarbonyl (C=S) groups is 1. The first-order valence-corrected chi connectivity index (χ1v) is 3.60. The number of rotatable bonds is 0. The molecule has 1 aliphatic heterocycles. The predicted octanol–water partition coefficient (Wildman–Crippen LogP) is 0.442. The summed E-state index contributed by atoms with van der Waals surface area (Å²) in [7, 11) is 2.02. The molecule has 1 heterocycles. The summed E-state index contributed by atoms with van der Waals surface area (Å²) in [6.07, 6.45) is 0. The van der Waals surface area contributed by atoms with E-state index in [9.17, 15) is 0 Å². The van der Waals surface area contributed by atoms with Crippen molar-refractivity contribution in [1.29, 1.82) is 0 Å². The van der Waals surface area contributed by atoms with Gasteiger partial charge in [0.25, 0.3) is 0 Å². The molecule has 3 heteroatoms. The Hall–Kier alpha value is -0.310. The molecular weight excluding hydrogens is 132 g/mol. The van der Waals surface area contributed by atoms with Crippen LogP contribution in [0.5, 0.6) is 0 Å². The average molecular weight is 144 g/mol. The van der Waals surface area contributed by atoms with Gasteiger partial charge in [0.05, 0.1) is 0 Å². The molecule has 1 aliphatic rings. The van der Waals surface area contributed by atoms with E-state index in [-0.39, 0.29) is 0 Å². The second-order valence-corrected chi connectivity index (χ2v) is 3.06. The molecule has 0 bridgehead atoms. The van der Waals surface area contributed by atoms with Gasteiger partial charge < -0.3 is 10.2 Å².